The van der Waals surface area contributed by atoms with Gasteiger partial charge in [-0.2, -0.15) is 4.99 Å². The van der Waals surface area contributed by atoms with Crippen LogP contribution in [0, 0.1) is 6.92 Å². The van der Waals surface area contributed by atoms with Crippen LogP contribution in [0.3, 0.4) is 0 Å². The number of rotatable bonds is 3. The number of aliphatic imine (C=N–C) groups is 1. The quantitative estimate of drug-likeness (QED) is 0.769. The molecule has 158 valence electrons. The zero-order valence-electron chi connectivity index (χ0n) is 16.8. The molecule has 0 saturated carbocycles. The molecule has 2 amide bonds. The summed E-state index contributed by atoms with van der Waals surface area (Å²) in [6, 6.07) is 7.38. The van der Waals surface area contributed by atoms with Gasteiger partial charge in [0, 0.05) is 10.9 Å². The molecule has 0 bridgehead atoms. The summed E-state index contributed by atoms with van der Waals surface area (Å²) in [5.41, 5.74) is 1.16. The van der Waals surface area contributed by atoms with E-state index < -0.39 is 27.4 Å². The molecule has 1 aromatic carbocycles. The molecular formula is C19H25N3O5S2. The summed E-state index contributed by atoms with van der Waals surface area (Å²) >= 11 is 1.30. The molecule has 2 fully saturated rings. The SMILES string of the molecule is Cc1cccc(N2C(=NC(=O)CNC(=O)OC(C)(C)C)S[C@@H]3CS(=O)(=O)C[C@H]32)c1. The number of anilines is 1. The Morgan fingerprint density at radius 2 is 2.03 bits per heavy atom. The number of thioether (sulfide) groups is 1. The Balaban J connectivity index is 1.78. The number of hydrogen-bond acceptors (Lipinski definition) is 6. The number of fused-ring (bicyclic) bond motifs is 1. The van der Waals surface area contributed by atoms with Crippen molar-refractivity contribution in [3.8, 4) is 0 Å². The molecule has 2 atom stereocenters. The lowest BCUT2D eigenvalue weighted by Crippen LogP contribution is -2.38. The fourth-order valence-electron chi connectivity index (χ4n) is 3.25. The average molecular weight is 440 g/mol. The molecule has 2 heterocycles. The molecule has 2 aliphatic heterocycles. The summed E-state index contributed by atoms with van der Waals surface area (Å²) in [6.45, 7) is 6.85. The first kappa shape index (κ1) is 21.6. The van der Waals surface area contributed by atoms with Gasteiger partial charge in [0.1, 0.15) is 12.1 Å². The Bertz CT molecular complexity index is 953. The number of benzene rings is 1. The van der Waals surface area contributed by atoms with Gasteiger partial charge in [0.25, 0.3) is 5.91 Å². The third-order valence-corrected chi connectivity index (χ3v) is 7.56. The first-order valence-electron chi connectivity index (χ1n) is 9.25. The van der Waals surface area contributed by atoms with E-state index in [2.05, 4.69) is 10.3 Å². The number of aryl methyl sites for hydroxylation is 1. The van der Waals surface area contributed by atoms with Crippen LogP contribution in [0.5, 0.6) is 0 Å². The topological polar surface area (TPSA) is 105 Å². The Morgan fingerprint density at radius 3 is 2.69 bits per heavy atom. The molecule has 3 rings (SSSR count). The van der Waals surface area contributed by atoms with Crippen molar-refractivity contribution >= 4 is 44.5 Å². The highest BCUT2D eigenvalue weighted by atomic mass is 32.2. The normalized spacial score (nSPS) is 24.4. The van der Waals surface area contributed by atoms with E-state index in [0.29, 0.717) is 5.17 Å². The fraction of sp³-hybridized carbons (Fsp3) is 0.526. The van der Waals surface area contributed by atoms with Crippen LogP contribution in [0.4, 0.5) is 10.5 Å². The van der Waals surface area contributed by atoms with Gasteiger partial charge in [-0.25, -0.2) is 13.2 Å². The number of carbonyl (C=O) groups is 2. The second-order valence-electron chi connectivity index (χ2n) is 8.15. The number of hydrogen-bond donors (Lipinski definition) is 1. The molecule has 0 spiro atoms. The van der Waals surface area contributed by atoms with Gasteiger partial charge in [0.15, 0.2) is 15.0 Å². The highest BCUT2D eigenvalue weighted by molar-refractivity contribution is 8.16. The minimum absolute atomic E-state index is 0.0297. The lowest BCUT2D eigenvalue weighted by molar-refractivity contribution is -0.117. The lowest BCUT2D eigenvalue weighted by Gasteiger charge is -2.24. The fourth-order valence-corrected chi connectivity index (χ4v) is 7.18. The van der Waals surface area contributed by atoms with Gasteiger partial charge in [0.05, 0.1) is 17.5 Å². The number of amides is 2. The van der Waals surface area contributed by atoms with Crippen LogP contribution in [-0.2, 0) is 19.4 Å². The maximum absolute atomic E-state index is 12.3. The predicted molar refractivity (Wildman–Crippen MR) is 114 cm³/mol. The summed E-state index contributed by atoms with van der Waals surface area (Å²) in [6.07, 6.45) is -0.691. The van der Waals surface area contributed by atoms with Crippen LogP contribution in [0.1, 0.15) is 26.3 Å². The first-order chi connectivity index (χ1) is 13.4. The number of ether oxygens (including phenoxy) is 1. The predicted octanol–water partition coefficient (Wildman–Crippen LogP) is 2.12. The first-order valence-corrected chi connectivity index (χ1v) is 11.9. The highest BCUT2D eigenvalue weighted by Gasteiger charge is 2.49. The van der Waals surface area contributed by atoms with Crippen molar-refractivity contribution in [1.82, 2.24) is 5.32 Å². The molecule has 0 radical (unpaired) electrons. The van der Waals surface area contributed by atoms with E-state index in [0.717, 1.165) is 11.3 Å². The number of alkyl carbamates (subject to hydrolysis) is 1. The summed E-state index contributed by atoms with van der Waals surface area (Å²) in [5.74, 6) is -0.436. The lowest BCUT2D eigenvalue weighted by atomic mass is 10.1. The van der Waals surface area contributed by atoms with E-state index in [1.54, 1.807) is 20.8 Å². The number of sulfone groups is 1. The van der Waals surface area contributed by atoms with Gasteiger partial charge < -0.3 is 15.0 Å². The van der Waals surface area contributed by atoms with E-state index >= 15 is 0 Å². The summed E-state index contributed by atoms with van der Waals surface area (Å²) in [7, 11) is -3.12. The van der Waals surface area contributed by atoms with Gasteiger partial charge in [0.2, 0.25) is 0 Å². The third kappa shape index (κ3) is 5.51. The zero-order chi connectivity index (χ0) is 21.4. The van der Waals surface area contributed by atoms with E-state index in [1.165, 1.54) is 11.8 Å². The number of amidine groups is 1. The minimum Gasteiger partial charge on any atom is -0.444 e. The molecule has 0 unspecified atom stereocenters. The molecule has 10 heteroatoms. The van der Waals surface area contributed by atoms with E-state index in [-0.39, 0.29) is 29.3 Å². The van der Waals surface area contributed by atoms with Gasteiger partial charge in [-0.15, -0.1) is 0 Å². The van der Waals surface area contributed by atoms with Crippen molar-refractivity contribution in [3.63, 3.8) is 0 Å². The van der Waals surface area contributed by atoms with Gasteiger partial charge in [-0.3, -0.25) is 4.79 Å². The second-order valence-corrected chi connectivity index (χ2v) is 11.5. The van der Waals surface area contributed by atoms with Crippen molar-refractivity contribution in [3.05, 3.63) is 29.8 Å². The third-order valence-electron chi connectivity index (χ3n) is 4.35. The van der Waals surface area contributed by atoms with E-state index in [9.17, 15) is 18.0 Å². The van der Waals surface area contributed by atoms with Crippen LogP contribution in [0.25, 0.3) is 0 Å². The molecule has 2 aliphatic rings. The summed E-state index contributed by atoms with van der Waals surface area (Å²) in [4.78, 5) is 30.1. The molecule has 1 aromatic rings. The molecule has 0 aromatic heterocycles. The van der Waals surface area contributed by atoms with Crippen molar-refractivity contribution < 1.29 is 22.7 Å². The van der Waals surface area contributed by atoms with Gasteiger partial charge >= 0.3 is 6.09 Å². The maximum Gasteiger partial charge on any atom is 0.408 e. The van der Waals surface area contributed by atoms with Crippen LogP contribution < -0.4 is 10.2 Å². The highest BCUT2D eigenvalue weighted by Crippen LogP contribution is 2.41. The Hall–Kier alpha value is -2.07. The van der Waals surface area contributed by atoms with Crippen LogP contribution >= 0.6 is 11.8 Å². The van der Waals surface area contributed by atoms with Crippen molar-refractivity contribution in [2.75, 3.05) is 23.0 Å². The second kappa shape index (κ2) is 7.98. The molecule has 2 saturated heterocycles. The number of nitrogens with zero attached hydrogens (tertiary/aromatic N) is 2. The smallest absolute Gasteiger partial charge is 0.408 e. The van der Waals surface area contributed by atoms with Crippen LogP contribution in [0.2, 0.25) is 0 Å². The molecule has 8 nitrogen and oxygen atoms in total. The zero-order valence-corrected chi connectivity index (χ0v) is 18.5. The van der Waals surface area contributed by atoms with E-state index in [4.69, 9.17) is 4.74 Å². The number of carbonyl (C=O) groups excluding carboxylic acids is 2. The van der Waals surface area contributed by atoms with Crippen molar-refractivity contribution in [2.24, 2.45) is 4.99 Å². The minimum atomic E-state index is -3.12. The molecule has 0 aliphatic carbocycles. The molecular weight excluding hydrogens is 414 g/mol. The van der Waals surface area contributed by atoms with E-state index in [1.807, 2.05) is 36.1 Å². The maximum atomic E-state index is 12.3. The summed E-state index contributed by atoms with van der Waals surface area (Å²) < 4.78 is 29.3. The monoisotopic (exact) mass is 439 g/mol. The van der Waals surface area contributed by atoms with Crippen molar-refractivity contribution in [2.45, 2.75) is 44.6 Å². The number of nitrogens with one attached hydrogen (secondary N) is 1. The van der Waals surface area contributed by atoms with Gasteiger partial charge in [-0.05, 0) is 45.4 Å². The summed E-state index contributed by atoms with van der Waals surface area (Å²) in [5, 5.41) is 2.68. The average Bonchev–Trinajstić information content (AvgIpc) is 3.02. The largest absolute Gasteiger partial charge is 0.444 e. The molecule has 29 heavy (non-hydrogen) atoms. The van der Waals surface area contributed by atoms with Crippen molar-refractivity contribution in [1.29, 1.82) is 0 Å². The van der Waals surface area contributed by atoms with Crippen LogP contribution in [0.15, 0.2) is 29.3 Å². The molecule has 1 N–H and O–H groups in total. The Labute approximate surface area is 175 Å². The Kier molecular flexibility index (Phi) is 5.96. The Morgan fingerprint density at radius 1 is 1.31 bits per heavy atom. The van der Waals surface area contributed by atoms with Gasteiger partial charge in [-0.1, -0.05) is 23.9 Å². The standard InChI is InChI=1S/C19H25N3O5S2/c1-12-6-5-7-13(8-12)22-14-10-29(25,26)11-15(14)28-17(22)21-16(23)9-20-18(24)27-19(2,3)4/h5-8,14-15H,9-11H2,1-4H3,(H,20,24)/t14-,15-/m1/s1. The van der Waals surface area contributed by atoms with Crippen LogP contribution in [-0.4, -0.2) is 60.5 Å².